The van der Waals surface area contributed by atoms with E-state index in [2.05, 4.69) is 31.2 Å². The maximum Gasteiger partial charge on any atom is 0.306 e. The van der Waals surface area contributed by atoms with Gasteiger partial charge < -0.3 is 4.74 Å². The predicted octanol–water partition coefficient (Wildman–Crippen LogP) is 4.02. The van der Waals surface area contributed by atoms with Crippen LogP contribution < -0.4 is 0 Å². The molecule has 2 heteroatoms. The van der Waals surface area contributed by atoms with E-state index in [9.17, 15) is 4.79 Å². The lowest BCUT2D eigenvalue weighted by Gasteiger charge is -2.06. The molecule has 1 rings (SSSR count). The van der Waals surface area contributed by atoms with Gasteiger partial charge in [-0.3, -0.25) is 4.79 Å². The smallest absolute Gasteiger partial charge is 0.306 e. The molecule has 0 aliphatic heterocycles. The van der Waals surface area contributed by atoms with E-state index >= 15 is 0 Å². The number of carbonyl (C=O) groups excluding carboxylic acids is 1. The summed E-state index contributed by atoms with van der Waals surface area (Å²) < 4.78 is 5.19. The molecular weight excluding hydrogens is 212 g/mol. The normalized spacial score (nSPS) is 19.0. The van der Waals surface area contributed by atoms with Crippen molar-refractivity contribution in [2.75, 3.05) is 6.61 Å². The molecular formula is C15H24O2. The minimum absolute atomic E-state index is 0.0523. The van der Waals surface area contributed by atoms with Gasteiger partial charge in [0.1, 0.15) is 0 Å². The van der Waals surface area contributed by atoms with Gasteiger partial charge in [0, 0.05) is 0 Å². The molecule has 0 bridgehead atoms. The molecule has 0 heterocycles. The number of unbranched alkanes of at least 4 members (excludes halogenated alkanes) is 2. The molecule has 96 valence electrons. The number of ether oxygens (including phenoxy) is 1. The maximum absolute atomic E-state index is 11.5. The van der Waals surface area contributed by atoms with Gasteiger partial charge in [-0.2, -0.15) is 0 Å². The molecule has 0 saturated carbocycles. The highest BCUT2D eigenvalue weighted by molar-refractivity contribution is 5.70. The number of carbonyl (C=O) groups is 1. The topological polar surface area (TPSA) is 26.3 Å². The highest BCUT2D eigenvalue weighted by atomic mass is 16.5. The fourth-order valence-electron chi connectivity index (χ4n) is 1.94. The first kappa shape index (κ1) is 14.0. The number of esters is 1. The average Bonchev–Trinajstić information content (AvgIpc) is 2.80. The fraction of sp³-hybridized carbons (Fsp3) is 0.667. The quantitative estimate of drug-likeness (QED) is 0.361. The summed E-state index contributed by atoms with van der Waals surface area (Å²) in [6, 6.07) is 0. The van der Waals surface area contributed by atoms with Crippen molar-refractivity contribution in [3.05, 3.63) is 24.3 Å². The SMILES string of the molecule is CCCC/C=C\CCOC(=O)CC1C=CCC1. The van der Waals surface area contributed by atoms with E-state index in [4.69, 9.17) is 4.74 Å². The van der Waals surface area contributed by atoms with E-state index in [1.807, 2.05) is 0 Å². The lowest BCUT2D eigenvalue weighted by Crippen LogP contribution is -2.09. The van der Waals surface area contributed by atoms with Crippen molar-refractivity contribution in [3.63, 3.8) is 0 Å². The van der Waals surface area contributed by atoms with E-state index < -0.39 is 0 Å². The van der Waals surface area contributed by atoms with E-state index in [0.29, 0.717) is 18.9 Å². The van der Waals surface area contributed by atoms with Crippen molar-refractivity contribution >= 4 is 5.97 Å². The molecule has 1 aliphatic carbocycles. The average molecular weight is 236 g/mol. The van der Waals surface area contributed by atoms with Gasteiger partial charge in [-0.1, -0.05) is 44.1 Å². The van der Waals surface area contributed by atoms with Gasteiger partial charge in [0.15, 0.2) is 0 Å². The Morgan fingerprint density at radius 3 is 2.94 bits per heavy atom. The third-order valence-electron chi connectivity index (χ3n) is 2.98. The Kier molecular flexibility index (Phi) is 7.44. The zero-order valence-corrected chi connectivity index (χ0v) is 10.9. The van der Waals surface area contributed by atoms with Gasteiger partial charge in [-0.05, 0) is 31.6 Å². The Labute approximate surface area is 105 Å². The van der Waals surface area contributed by atoms with Gasteiger partial charge >= 0.3 is 5.97 Å². The molecule has 0 aromatic rings. The van der Waals surface area contributed by atoms with Crippen molar-refractivity contribution < 1.29 is 9.53 Å². The monoisotopic (exact) mass is 236 g/mol. The van der Waals surface area contributed by atoms with Crippen LogP contribution in [0.15, 0.2) is 24.3 Å². The molecule has 1 unspecified atom stereocenters. The zero-order chi connectivity index (χ0) is 12.3. The van der Waals surface area contributed by atoms with Crippen LogP contribution in [0.3, 0.4) is 0 Å². The minimum Gasteiger partial charge on any atom is -0.465 e. The molecule has 0 aromatic heterocycles. The molecule has 0 amide bonds. The number of hydrogen-bond donors (Lipinski definition) is 0. The molecule has 0 aromatic carbocycles. The van der Waals surface area contributed by atoms with Crippen LogP contribution in [0.1, 0.15) is 51.9 Å². The Bertz CT molecular complexity index is 266. The molecule has 0 saturated heterocycles. The summed E-state index contributed by atoms with van der Waals surface area (Å²) in [4.78, 5) is 11.5. The van der Waals surface area contributed by atoms with Crippen LogP contribution in [-0.2, 0) is 9.53 Å². The lowest BCUT2D eigenvalue weighted by molar-refractivity contribution is -0.144. The largest absolute Gasteiger partial charge is 0.465 e. The van der Waals surface area contributed by atoms with E-state index in [0.717, 1.165) is 25.7 Å². The fourth-order valence-corrected chi connectivity index (χ4v) is 1.94. The van der Waals surface area contributed by atoms with Crippen LogP contribution in [0.5, 0.6) is 0 Å². The maximum atomic E-state index is 11.5. The van der Waals surface area contributed by atoms with E-state index in [1.54, 1.807) is 0 Å². The minimum atomic E-state index is -0.0523. The van der Waals surface area contributed by atoms with E-state index in [-0.39, 0.29) is 5.97 Å². The molecule has 0 N–H and O–H groups in total. The number of rotatable bonds is 8. The van der Waals surface area contributed by atoms with Crippen molar-refractivity contribution in [2.24, 2.45) is 5.92 Å². The predicted molar refractivity (Wildman–Crippen MR) is 70.7 cm³/mol. The first-order valence-corrected chi connectivity index (χ1v) is 6.80. The first-order valence-electron chi connectivity index (χ1n) is 6.80. The highest BCUT2D eigenvalue weighted by Gasteiger charge is 2.14. The second-order valence-corrected chi connectivity index (χ2v) is 4.59. The van der Waals surface area contributed by atoms with Crippen LogP contribution in [0.25, 0.3) is 0 Å². The summed E-state index contributed by atoms with van der Waals surface area (Å²) in [6.07, 6.45) is 15.8. The van der Waals surface area contributed by atoms with Gasteiger partial charge in [-0.25, -0.2) is 0 Å². The third kappa shape index (κ3) is 6.98. The Morgan fingerprint density at radius 1 is 1.41 bits per heavy atom. The van der Waals surface area contributed by atoms with E-state index in [1.165, 1.54) is 12.8 Å². The molecule has 1 aliphatic rings. The number of hydrogen-bond acceptors (Lipinski definition) is 2. The summed E-state index contributed by atoms with van der Waals surface area (Å²) in [5, 5.41) is 0. The molecule has 1 atom stereocenters. The van der Waals surface area contributed by atoms with Crippen LogP contribution in [0.4, 0.5) is 0 Å². The molecule has 0 fully saturated rings. The van der Waals surface area contributed by atoms with Gasteiger partial charge in [0.25, 0.3) is 0 Å². The highest BCUT2D eigenvalue weighted by Crippen LogP contribution is 2.20. The summed E-state index contributed by atoms with van der Waals surface area (Å²) in [5.41, 5.74) is 0. The Morgan fingerprint density at radius 2 is 2.24 bits per heavy atom. The summed E-state index contributed by atoms with van der Waals surface area (Å²) in [6.45, 7) is 2.71. The summed E-state index contributed by atoms with van der Waals surface area (Å²) in [5.74, 6) is 0.367. The van der Waals surface area contributed by atoms with Crippen LogP contribution >= 0.6 is 0 Å². The second-order valence-electron chi connectivity index (χ2n) is 4.59. The molecule has 2 nitrogen and oxygen atoms in total. The zero-order valence-electron chi connectivity index (χ0n) is 10.9. The standard InChI is InChI=1S/C15H24O2/c1-2-3-4-5-6-9-12-17-15(16)13-14-10-7-8-11-14/h5-7,10,14H,2-4,8-9,11-13H2,1H3/b6-5-. The van der Waals surface area contributed by atoms with Crippen molar-refractivity contribution in [3.8, 4) is 0 Å². The molecule has 17 heavy (non-hydrogen) atoms. The van der Waals surface area contributed by atoms with Crippen LogP contribution in [0.2, 0.25) is 0 Å². The summed E-state index contributed by atoms with van der Waals surface area (Å²) in [7, 11) is 0. The summed E-state index contributed by atoms with van der Waals surface area (Å²) >= 11 is 0. The third-order valence-corrected chi connectivity index (χ3v) is 2.98. The van der Waals surface area contributed by atoms with Gasteiger partial charge in [-0.15, -0.1) is 0 Å². The van der Waals surface area contributed by atoms with Crippen molar-refractivity contribution in [1.29, 1.82) is 0 Å². The van der Waals surface area contributed by atoms with Crippen LogP contribution in [0, 0.1) is 5.92 Å². The van der Waals surface area contributed by atoms with Gasteiger partial charge in [0.2, 0.25) is 0 Å². The molecule has 0 spiro atoms. The van der Waals surface area contributed by atoms with Gasteiger partial charge in [0.05, 0.1) is 13.0 Å². The number of allylic oxidation sites excluding steroid dienone is 3. The second kappa shape index (κ2) is 9.03. The van der Waals surface area contributed by atoms with Crippen molar-refractivity contribution in [2.45, 2.75) is 51.9 Å². The van der Waals surface area contributed by atoms with Crippen LogP contribution in [-0.4, -0.2) is 12.6 Å². The lowest BCUT2D eigenvalue weighted by atomic mass is 10.1. The Balaban J connectivity index is 1.96. The van der Waals surface area contributed by atoms with Crippen molar-refractivity contribution in [1.82, 2.24) is 0 Å². The molecule has 0 radical (unpaired) electrons. The first-order chi connectivity index (χ1) is 8.33. The Hall–Kier alpha value is -1.05.